The highest BCUT2D eigenvalue weighted by atomic mass is 32.1. The molecule has 0 bridgehead atoms. The second-order valence-corrected chi connectivity index (χ2v) is 6.77. The number of benzene rings is 1. The third-order valence-corrected chi connectivity index (χ3v) is 4.73. The number of hydrogen-bond acceptors (Lipinski definition) is 6. The molecule has 0 unspecified atom stereocenters. The number of ether oxygens (including phenoxy) is 1. The van der Waals surface area contributed by atoms with Crippen LogP contribution < -0.4 is 15.4 Å². The van der Waals surface area contributed by atoms with Crippen molar-refractivity contribution in [2.24, 2.45) is 0 Å². The molecule has 28 heavy (non-hydrogen) atoms. The fraction of sp³-hybridized carbons (Fsp3) is 0.250. The minimum atomic E-state index is -0.280. The van der Waals surface area contributed by atoms with Crippen molar-refractivity contribution < 1.29 is 18.7 Å². The van der Waals surface area contributed by atoms with Crippen LogP contribution in [-0.2, 0) is 22.6 Å². The maximum Gasteiger partial charge on any atom is 0.239 e. The lowest BCUT2D eigenvalue weighted by atomic mass is 10.2. The summed E-state index contributed by atoms with van der Waals surface area (Å²) in [4.78, 5) is 28.3. The molecule has 0 radical (unpaired) electrons. The Balaban J connectivity index is 1.45. The number of amides is 2. The van der Waals surface area contributed by atoms with Crippen molar-refractivity contribution >= 4 is 23.2 Å². The normalized spacial score (nSPS) is 10.5. The van der Waals surface area contributed by atoms with Gasteiger partial charge in [0.05, 0.1) is 38.1 Å². The Labute approximate surface area is 166 Å². The summed E-state index contributed by atoms with van der Waals surface area (Å²) in [7, 11) is 0. The van der Waals surface area contributed by atoms with Gasteiger partial charge in [0.1, 0.15) is 16.5 Å². The van der Waals surface area contributed by atoms with Crippen molar-refractivity contribution in [2.75, 3.05) is 13.2 Å². The van der Waals surface area contributed by atoms with E-state index < -0.39 is 0 Å². The molecule has 2 aromatic heterocycles. The van der Waals surface area contributed by atoms with E-state index in [0.29, 0.717) is 24.6 Å². The van der Waals surface area contributed by atoms with Crippen LogP contribution in [0, 0.1) is 0 Å². The van der Waals surface area contributed by atoms with Gasteiger partial charge in [0, 0.05) is 10.9 Å². The second-order valence-electron chi connectivity index (χ2n) is 5.91. The van der Waals surface area contributed by atoms with Crippen molar-refractivity contribution in [2.45, 2.75) is 19.9 Å². The van der Waals surface area contributed by atoms with Crippen molar-refractivity contribution in [3.8, 4) is 16.3 Å². The highest BCUT2D eigenvalue weighted by Gasteiger charge is 2.11. The zero-order chi connectivity index (χ0) is 19.8. The summed E-state index contributed by atoms with van der Waals surface area (Å²) in [6, 6.07) is 11.2. The Kier molecular flexibility index (Phi) is 6.80. The second kappa shape index (κ2) is 9.70. The number of nitrogens with zero attached hydrogens (tertiary/aromatic N) is 1. The molecular weight excluding hydrogens is 378 g/mol. The molecule has 146 valence electrons. The number of nitrogens with one attached hydrogen (secondary N) is 2. The van der Waals surface area contributed by atoms with E-state index in [9.17, 15) is 9.59 Å². The molecule has 3 aromatic rings. The standard InChI is InChI=1S/C20H21N3O4S/c1-2-26-16-7-5-14(6-8-16)20-23-15(13-28-20)10-18(24)22-12-19(25)21-11-17-4-3-9-27-17/h3-9,13H,2,10-12H2,1H3,(H,21,25)(H,22,24). The van der Waals surface area contributed by atoms with Gasteiger partial charge in [-0.3, -0.25) is 9.59 Å². The van der Waals surface area contributed by atoms with Gasteiger partial charge in [-0.25, -0.2) is 4.98 Å². The van der Waals surface area contributed by atoms with Crippen molar-refractivity contribution in [3.63, 3.8) is 0 Å². The number of aromatic nitrogens is 1. The molecule has 0 aliphatic heterocycles. The largest absolute Gasteiger partial charge is 0.494 e. The maximum atomic E-state index is 12.1. The molecule has 8 heteroatoms. The number of carbonyl (C=O) groups excluding carboxylic acids is 2. The van der Waals surface area contributed by atoms with E-state index in [1.165, 1.54) is 11.3 Å². The summed E-state index contributed by atoms with van der Waals surface area (Å²) in [6.45, 7) is 2.76. The number of carbonyl (C=O) groups is 2. The topological polar surface area (TPSA) is 93.5 Å². The molecule has 0 aliphatic rings. The number of rotatable bonds is 9. The van der Waals surface area contributed by atoms with Crippen LogP contribution in [0.1, 0.15) is 18.4 Å². The first-order valence-corrected chi connectivity index (χ1v) is 9.75. The molecule has 0 aliphatic carbocycles. The average molecular weight is 399 g/mol. The van der Waals surface area contributed by atoms with E-state index in [4.69, 9.17) is 9.15 Å². The highest BCUT2D eigenvalue weighted by Crippen LogP contribution is 2.25. The monoisotopic (exact) mass is 399 g/mol. The van der Waals surface area contributed by atoms with Crippen LogP contribution in [0.15, 0.2) is 52.5 Å². The van der Waals surface area contributed by atoms with Crippen LogP contribution in [0.4, 0.5) is 0 Å². The van der Waals surface area contributed by atoms with Crippen LogP contribution in [0.25, 0.3) is 10.6 Å². The average Bonchev–Trinajstić information content (AvgIpc) is 3.38. The Bertz CT molecular complexity index is 904. The van der Waals surface area contributed by atoms with Crippen LogP contribution in [0.5, 0.6) is 5.75 Å². The number of thiazole rings is 1. The first-order chi connectivity index (χ1) is 13.6. The Morgan fingerprint density at radius 2 is 1.96 bits per heavy atom. The van der Waals surface area contributed by atoms with Gasteiger partial charge < -0.3 is 19.8 Å². The van der Waals surface area contributed by atoms with E-state index in [-0.39, 0.29) is 24.8 Å². The van der Waals surface area contributed by atoms with Gasteiger partial charge in [-0.1, -0.05) is 0 Å². The summed E-state index contributed by atoms with van der Waals surface area (Å²) in [5.41, 5.74) is 1.64. The first-order valence-electron chi connectivity index (χ1n) is 8.87. The third kappa shape index (κ3) is 5.68. The summed E-state index contributed by atoms with van der Waals surface area (Å²) < 4.78 is 10.6. The molecule has 0 saturated heterocycles. The predicted molar refractivity (Wildman–Crippen MR) is 106 cm³/mol. The van der Waals surface area contributed by atoms with E-state index in [2.05, 4.69) is 15.6 Å². The smallest absolute Gasteiger partial charge is 0.239 e. The van der Waals surface area contributed by atoms with Gasteiger partial charge in [0.15, 0.2) is 0 Å². The lowest BCUT2D eigenvalue weighted by Gasteiger charge is -2.05. The molecular formula is C20H21N3O4S. The summed E-state index contributed by atoms with van der Waals surface area (Å²) in [5.74, 6) is 0.937. The highest BCUT2D eigenvalue weighted by molar-refractivity contribution is 7.13. The van der Waals surface area contributed by atoms with Gasteiger partial charge in [-0.05, 0) is 43.3 Å². The molecule has 2 N–H and O–H groups in total. The molecule has 2 amide bonds. The summed E-state index contributed by atoms with van der Waals surface area (Å²) in [6.07, 6.45) is 1.66. The van der Waals surface area contributed by atoms with Crippen molar-refractivity contribution in [1.82, 2.24) is 15.6 Å². The van der Waals surface area contributed by atoms with Crippen LogP contribution in [0.3, 0.4) is 0 Å². The zero-order valence-electron chi connectivity index (χ0n) is 15.4. The van der Waals surface area contributed by atoms with Crippen LogP contribution in [-0.4, -0.2) is 29.9 Å². The molecule has 0 saturated carbocycles. The van der Waals surface area contributed by atoms with Gasteiger partial charge in [0.2, 0.25) is 11.8 Å². The molecule has 2 heterocycles. The summed E-state index contributed by atoms with van der Waals surface area (Å²) >= 11 is 1.47. The Morgan fingerprint density at radius 3 is 2.68 bits per heavy atom. The molecule has 1 aromatic carbocycles. The third-order valence-electron chi connectivity index (χ3n) is 3.79. The predicted octanol–water partition coefficient (Wildman–Crippen LogP) is 2.78. The van der Waals surface area contributed by atoms with Crippen molar-refractivity contribution in [3.05, 3.63) is 59.5 Å². The Morgan fingerprint density at radius 1 is 1.14 bits per heavy atom. The fourth-order valence-electron chi connectivity index (χ4n) is 2.45. The van der Waals surface area contributed by atoms with Gasteiger partial charge in [-0.2, -0.15) is 0 Å². The van der Waals surface area contributed by atoms with E-state index in [0.717, 1.165) is 16.3 Å². The minimum absolute atomic E-state index is 0.0879. The number of furan rings is 1. The van der Waals surface area contributed by atoms with E-state index in [1.54, 1.807) is 18.4 Å². The zero-order valence-corrected chi connectivity index (χ0v) is 16.3. The lowest BCUT2D eigenvalue weighted by molar-refractivity contribution is -0.125. The molecule has 3 rings (SSSR count). The fourth-order valence-corrected chi connectivity index (χ4v) is 3.27. The van der Waals surface area contributed by atoms with Crippen LogP contribution >= 0.6 is 11.3 Å². The molecule has 0 atom stereocenters. The lowest BCUT2D eigenvalue weighted by Crippen LogP contribution is -2.37. The van der Waals surface area contributed by atoms with Gasteiger partial charge >= 0.3 is 0 Å². The van der Waals surface area contributed by atoms with Crippen molar-refractivity contribution in [1.29, 1.82) is 0 Å². The number of hydrogen-bond donors (Lipinski definition) is 2. The SMILES string of the molecule is CCOc1ccc(-c2nc(CC(=O)NCC(=O)NCc3ccco3)cs2)cc1. The van der Waals surface area contributed by atoms with Gasteiger partial charge in [-0.15, -0.1) is 11.3 Å². The first kappa shape index (κ1) is 19.6. The molecule has 0 spiro atoms. The van der Waals surface area contributed by atoms with E-state index in [1.807, 2.05) is 36.6 Å². The van der Waals surface area contributed by atoms with Gasteiger partial charge in [0.25, 0.3) is 0 Å². The quantitative estimate of drug-likeness (QED) is 0.577. The summed E-state index contributed by atoms with van der Waals surface area (Å²) in [5, 5.41) is 7.96. The molecule has 0 fully saturated rings. The molecule has 7 nitrogen and oxygen atoms in total. The maximum absolute atomic E-state index is 12.1. The van der Waals surface area contributed by atoms with Crippen LogP contribution in [0.2, 0.25) is 0 Å². The minimum Gasteiger partial charge on any atom is -0.494 e. The Hall–Kier alpha value is -3.13. The van der Waals surface area contributed by atoms with E-state index >= 15 is 0 Å².